The van der Waals surface area contributed by atoms with Crippen molar-refractivity contribution in [1.29, 1.82) is 0 Å². The second-order valence-corrected chi connectivity index (χ2v) is 9.26. The predicted molar refractivity (Wildman–Crippen MR) is 104 cm³/mol. The number of carbonyl (C=O) groups excluding carboxylic acids is 2. The van der Waals surface area contributed by atoms with E-state index in [1.54, 1.807) is 6.07 Å². The Morgan fingerprint density at radius 1 is 1.12 bits per heavy atom. The van der Waals surface area contributed by atoms with Crippen LogP contribution in [0.3, 0.4) is 0 Å². The van der Waals surface area contributed by atoms with Gasteiger partial charge in [0.25, 0.3) is 0 Å². The standard InChI is InChI=1S/C18H19Br3O4/c1-2-3-24-17(22)12-5-10-4-9(12)6-15(10)25-18(23)13-7-11(19)8-14(20)16(13)21/h7-10,12,15H,2-6H2,1H3. The molecule has 2 bridgehead atoms. The van der Waals surface area contributed by atoms with Crippen molar-refractivity contribution in [3.8, 4) is 0 Å². The van der Waals surface area contributed by atoms with Gasteiger partial charge in [0.05, 0.1) is 18.1 Å². The van der Waals surface area contributed by atoms with Crippen molar-refractivity contribution in [1.82, 2.24) is 0 Å². The second kappa shape index (κ2) is 8.09. The molecule has 25 heavy (non-hydrogen) atoms. The van der Waals surface area contributed by atoms with E-state index in [0.717, 1.165) is 34.6 Å². The number of fused-ring (bicyclic) bond motifs is 2. The van der Waals surface area contributed by atoms with Crippen LogP contribution in [0.5, 0.6) is 0 Å². The number of ether oxygens (including phenoxy) is 2. The van der Waals surface area contributed by atoms with Crippen LogP contribution in [0, 0.1) is 17.8 Å². The van der Waals surface area contributed by atoms with Crippen molar-refractivity contribution in [2.24, 2.45) is 17.8 Å². The minimum Gasteiger partial charge on any atom is -0.465 e. The first-order valence-electron chi connectivity index (χ1n) is 8.42. The Bertz CT molecular complexity index is 691. The Kier molecular flexibility index (Phi) is 6.27. The fourth-order valence-corrected chi connectivity index (χ4v) is 5.49. The molecule has 1 aromatic rings. The lowest BCUT2D eigenvalue weighted by Gasteiger charge is -2.26. The summed E-state index contributed by atoms with van der Waals surface area (Å²) in [4.78, 5) is 24.7. The van der Waals surface area contributed by atoms with E-state index < -0.39 is 0 Å². The average molecular weight is 539 g/mol. The van der Waals surface area contributed by atoms with Crippen LogP contribution in [0.15, 0.2) is 25.6 Å². The van der Waals surface area contributed by atoms with Crippen molar-refractivity contribution >= 4 is 59.7 Å². The number of esters is 2. The first kappa shape index (κ1) is 19.4. The third-order valence-corrected chi connectivity index (χ3v) is 7.48. The van der Waals surface area contributed by atoms with Crippen LogP contribution in [-0.2, 0) is 14.3 Å². The molecule has 0 saturated heterocycles. The van der Waals surface area contributed by atoms with Gasteiger partial charge in [0.1, 0.15) is 6.10 Å². The SMILES string of the molecule is CCCOC(=O)C1CC2CC1CC2OC(=O)c1cc(Br)cc(Br)c1Br. The van der Waals surface area contributed by atoms with Gasteiger partial charge in [-0.2, -0.15) is 0 Å². The van der Waals surface area contributed by atoms with Crippen LogP contribution in [-0.4, -0.2) is 24.6 Å². The van der Waals surface area contributed by atoms with Crippen molar-refractivity contribution in [2.45, 2.75) is 38.7 Å². The molecule has 2 fully saturated rings. The summed E-state index contributed by atoms with van der Waals surface area (Å²) >= 11 is 10.2. The van der Waals surface area contributed by atoms with E-state index in [2.05, 4.69) is 47.8 Å². The Balaban J connectivity index is 1.62. The predicted octanol–water partition coefficient (Wildman–Crippen LogP) is 5.50. The van der Waals surface area contributed by atoms with Crippen molar-refractivity contribution in [2.75, 3.05) is 6.61 Å². The highest BCUT2D eigenvalue weighted by Gasteiger charge is 2.50. The number of hydrogen-bond donors (Lipinski definition) is 0. The summed E-state index contributed by atoms with van der Waals surface area (Å²) in [5.74, 6) is 0.0694. The minimum absolute atomic E-state index is 0.0294. The molecule has 1 aromatic carbocycles. The highest BCUT2D eigenvalue weighted by atomic mass is 79.9. The maximum absolute atomic E-state index is 12.6. The third kappa shape index (κ3) is 4.14. The lowest BCUT2D eigenvalue weighted by Crippen LogP contribution is -2.31. The molecule has 0 N–H and O–H groups in total. The molecule has 136 valence electrons. The van der Waals surface area contributed by atoms with E-state index in [0.29, 0.717) is 16.6 Å². The molecule has 0 amide bonds. The minimum atomic E-state index is -0.337. The zero-order valence-corrected chi connectivity index (χ0v) is 18.5. The van der Waals surface area contributed by atoms with Gasteiger partial charge in [-0.1, -0.05) is 22.9 Å². The highest BCUT2D eigenvalue weighted by Crippen LogP contribution is 2.50. The van der Waals surface area contributed by atoms with Crippen molar-refractivity contribution < 1.29 is 19.1 Å². The van der Waals surface area contributed by atoms with E-state index in [4.69, 9.17) is 9.47 Å². The van der Waals surface area contributed by atoms with E-state index in [-0.39, 0.29) is 35.8 Å². The zero-order valence-electron chi connectivity index (χ0n) is 13.8. The van der Waals surface area contributed by atoms with Crippen LogP contribution in [0.25, 0.3) is 0 Å². The maximum atomic E-state index is 12.6. The van der Waals surface area contributed by atoms with Gasteiger partial charge in [0.2, 0.25) is 0 Å². The van der Waals surface area contributed by atoms with Crippen LogP contribution in [0.4, 0.5) is 0 Å². The largest absolute Gasteiger partial charge is 0.465 e. The third-order valence-electron chi connectivity index (χ3n) is 5.01. The van der Waals surface area contributed by atoms with E-state index >= 15 is 0 Å². The first-order chi connectivity index (χ1) is 11.9. The molecular weight excluding hydrogens is 520 g/mol. The monoisotopic (exact) mass is 536 g/mol. The van der Waals surface area contributed by atoms with Gasteiger partial charge in [0, 0.05) is 13.4 Å². The smallest absolute Gasteiger partial charge is 0.339 e. The molecular formula is C18H19Br3O4. The van der Waals surface area contributed by atoms with Crippen molar-refractivity contribution in [3.05, 3.63) is 31.1 Å². The molecule has 2 aliphatic carbocycles. The lowest BCUT2D eigenvalue weighted by molar-refractivity contribution is -0.151. The normalized spacial score (nSPS) is 27.4. The van der Waals surface area contributed by atoms with Crippen LogP contribution in [0.2, 0.25) is 0 Å². The molecule has 2 aliphatic rings. The summed E-state index contributed by atoms with van der Waals surface area (Å²) in [6, 6.07) is 3.61. The van der Waals surface area contributed by atoms with E-state index in [1.807, 2.05) is 13.0 Å². The van der Waals surface area contributed by atoms with Gasteiger partial charge in [-0.15, -0.1) is 0 Å². The molecule has 0 radical (unpaired) electrons. The Labute approximate surface area is 172 Å². The molecule has 4 atom stereocenters. The summed E-state index contributed by atoms with van der Waals surface area (Å²) < 4.78 is 13.3. The molecule has 7 heteroatoms. The zero-order chi connectivity index (χ0) is 18.1. The highest BCUT2D eigenvalue weighted by molar-refractivity contribution is 9.13. The summed E-state index contributed by atoms with van der Waals surface area (Å²) in [7, 11) is 0. The average Bonchev–Trinajstić information content (AvgIpc) is 3.15. The van der Waals surface area contributed by atoms with E-state index in [9.17, 15) is 9.59 Å². The molecule has 0 heterocycles. The summed E-state index contributed by atoms with van der Waals surface area (Å²) in [5, 5.41) is 0. The van der Waals surface area contributed by atoms with Gasteiger partial charge in [-0.25, -0.2) is 4.79 Å². The molecule has 4 nitrogen and oxygen atoms in total. The van der Waals surface area contributed by atoms with Gasteiger partial charge < -0.3 is 9.47 Å². The summed E-state index contributed by atoms with van der Waals surface area (Å²) in [6.07, 6.45) is 3.16. The number of carbonyl (C=O) groups is 2. The van der Waals surface area contributed by atoms with Gasteiger partial charge in [-0.3, -0.25) is 4.79 Å². The van der Waals surface area contributed by atoms with Gasteiger partial charge in [0.15, 0.2) is 0 Å². The van der Waals surface area contributed by atoms with Crippen molar-refractivity contribution in [3.63, 3.8) is 0 Å². The number of hydrogen-bond acceptors (Lipinski definition) is 4. The molecule has 4 unspecified atom stereocenters. The second-order valence-electron chi connectivity index (χ2n) is 6.69. The molecule has 0 spiro atoms. The quantitative estimate of drug-likeness (QED) is 0.367. The first-order valence-corrected chi connectivity index (χ1v) is 10.8. The molecule has 3 rings (SSSR count). The maximum Gasteiger partial charge on any atom is 0.339 e. The lowest BCUT2D eigenvalue weighted by atomic mass is 9.87. The van der Waals surface area contributed by atoms with E-state index in [1.165, 1.54) is 0 Å². The fourth-order valence-electron chi connectivity index (χ4n) is 3.87. The number of rotatable bonds is 5. The molecule has 2 saturated carbocycles. The summed E-state index contributed by atoms with van der Waals surface area (Å²) in [5.41, 5.74) is 0.489. The Morgan fingerprint density at radius 2 is 1.88 bits per heavy atom. The number of benzene rings is 1. The molecule has 0 aromatic heterocycles. The topological polar surface area (TPSA) is 52.6 Å². The fraction of sp³-hybridized carbons (Fsp3) is 0.556. The van der Waals surface area contributed by atoms with Crippen LogP contribution in [0.1, 0.15) is 43.0 Å². The van der Waals surface area contributed by atoms with Crippen LogP contribution >= 0.6 is 47.8 Å². The van der Waals surface area contributed by atoms with Crippen LogP contribution < -0.4 is 0 Å². The Morgan fingerprint density at radius 3 is 2.52 bits per heavy atom. The summed E-state index contributed by atoms with van der Waals surface area (Å²) in [6.45, 7) is 2.47. The number of halogens is 3. The Hall–Kier alpha value is -0.400. The molecule has 0 aliphatic heterocycles. The van der Waals surface area contributed by atoms with Gasteiger partial charge in [-0.05, 0) is 81.5 Å². The van der Waals surface area contributed by atoms with Gasteiger partial charge >= 0.3 is 11.9 Å².